The van der Waals surface area contributed by atoms with Gasteiger partial charge in [-0.1, -0.05) is 33.1 Å². The first-order valence-corrected chi connectivity index (χ1v) is 2.41. The molecule has 0 rings (SSSR count). The first kappa shape index (κ1) is 15.9. The Morgan fingerprint density at radius 3 is 1.29 bits per heavy atom. The van der Waals surface area contributed by atoms with Gasteiger partial charge in [-0.05, 0) is 0 Å². The van der Waals surface area contributed by atoms with Crippen molar-refractivity contribution in [2.75, 3.05) is 0 Å². The Bertz CT molecular complexity index is 15.6. The van der Waals surface area contributed by atoms with Crippen LogP contribution in [0.3, 0.4) is 0 Å². The van der Waals surface area contributed by atoms with E-state index in [0.717, 1.165) is 0 Å². The molecule has 0 aromatic carbocycles. The fourth-order valence-corrected chi connectivity index (χ4v) is 0.354. The maximum absolute atomic E-state index is 2.21. The molecule has 0 saturated heterocycles. The predicted molar refractivity (Wildman–Crippen MR) is 25.2 cm³/mol. The maximum atomic E-state index is 2.21. The van der Waals surface area contributed by atoms with Crippen LogP contribution in [0.5, 0.6) is 0 Å². The molecule has 0 heterocycles. The molecular formula is C5H12LaNi. The van der Waals surface area contributed by atoms with Gasteiger partial charge in [-0.25, -0.2) is 0 Å². The van der Waals surface area contributed by atoms with Crippen molar-refractivity contribution in [2.24, 2.45) is 0 Å². The predicted octanol–water partition coefficient (Wildman–Crippen LogP) is 2.19. The van der Waals surface area contributed by atoms with Crippen molar-refractivity contribution in [1.82, 2.24) is 0 Å². The normalized spacial score (nSPS) is 6.00. The van der Waals surface area contributed by atoms with E-state index in [1.807, 2.05) is 0 Å². The summed E-state index contributed by atoms with van der Waals surface area (Å²) in [6.07, 6.45) is 4.08. The standard InChI is InChI=1S/C5H12.La.Ni/c1-3-5-4-2;;/h3-5H2,1-2H3;;. The third kappa shape index (κ3) is 18.3. The van der Waals surface area contributed by atoms with E-state index in [0.29, 0.717) is 0 Å². The summed E-state index contributed by atoms with van der Waals surface area (Å²) >= 11 is 0. The molecule has 0 fully saturated rings. The van der Waals surface area contributed by atoms with E-state index in [1.165, 1.54) is 19.3 Å². The van der Waals surface area contributed by atoms with Crippen molar-refractivity contribution in [3.63, 3.8) is 0 Å². The number of rotatable bonds is 2. The molecule has 0 N–H and O–H groups in total. The number of hydrogen-bond acceptors (Lipinski definition) is 0. The summed E-state index contributed by atoms with van der Waals surface area (Å²) in [5.41, 5.74) is 0. The van der Waals surface area contributed by atoms with E-state index in [1.54, 1.807) is 0 Å². The molecule has 0 aliphatic rings. The first-order chi connectivity index (χ1) is 2.41. The van der Waals surface area contributed by atoms with Crippen LogP contribution < -0.4 is 0 Å². The molecule has 0 amide bonds. The summed E-state index contributed by atoms with van der Waals surface area (Å²) in [7, 11) is 0. The van der Waals surface area contributed by atoms with Gasteiger partial charge in [-0.3, -0.25) is 0 Å². The Morgan fingerprint density at radius 1 is 1.00 bits per heavy atom. The molecular weight excluding hydrogens is 258 g/mol. The Morgan fingerprint density at radius 2 is 1.29 bits per heavy atom. The van der Waals surface area contributed by atoms with Gasteiger partial charge in [0.15, 0.2) is 0 Å². The molecule has 0 spiro atoms. The smallest absolute Gasteiger partial charge is 0 e. The van der Waals surface area contributed by atoms with E-state index in [4.69, 9.17) is 0 Å². The topological polar surface area (TPSA) is 0 Å². The summed E-state index contributed by atoms with van der Waals surface area (Å²) in [6, 6.07) is 0. The average molecular weight is 270 g/mol. The van der Waals surface area contributed by atoms with Crippen LogP contribution in [0.25, 0.3) is 0 Å². The van der Waals surface area contributed by atoms with E-state index in [-0.39, 0.29) is 52.1 Å². The zero-order valence-electron chi connectivity index (χ0n) is 5.01. The Hall–Kier alpha value is 1.69. The van der Waals surface area contributed by atoms with Crippen LogP contribution in [0.4, 0.5) is 0 Å². The van der Waals surface area contributed by atoms with Gasteiger partial charge in [0.05, 0.1) is 0 Å². The minimum absolute atomic E-state index is 0. The molecule has 0 nitrogen and oxygen atoms in total. The molecule has 0 aliphatic carbocycles. The quantitative estimate of drug-likeness (QED) is 0.674. The minimum atomic E-state index is 0. The van der Waals surface area contributed by atoms with Gasteiger partial charge >= 0.3 is 0 Å². The fourth-order valence-electron chi connectivity index (χ4n) is 0.354. The van der Waals surface area contributed by atoms with Crippen molar-refractivity contribution < 1.29 is 52.1 Å². The molecule has 0 unspecified atom stereocenters. The second-order valence-corrected chi connectivity index (χ2v) is 1.35. The van der Waals surface area contributed by atoms with Crippen molar-refractivity contribution >= 4 is 0 Å². The van der Waals surface area contributed by atoms with Crippen LogP contribution in [-0.2, 0) is 16.5 Å². The maximum Gasteiger partial charge on any atom is 0 e. The monoisotopic (exact) mass is 269 g/mol. The van der Waals surface area contributed by atoms with Crippen LogP contribution in [0.2, 0.25) is 0 Å². The van der Waals surface area contributed by atoms with Crippen LogP contribution in [0.15, 0.2) is 0 Å². The van der Waals surface area contributed by atoms with E-state index < -0.39 is 0 Å². The van der Waals surface area contributed by atoms with E-state index >= 15 is 0 Å². The molecule has 45 valence electrons. The number of hydrogen-bond donors (Lipinski definition) is 0. The molecule has 2 heteroatoms. The van der Waals surface area contributed by atoms with Crippen LogP contribution in [0.1, 0.15) is 33.1 Å². The van der Waals surface area contributed by atoms with Crippen molar-refractivity contribution in [3.05, 3.63) is 0 Å². The van der Waals surface area contributed by atoms with Gasteiger partial charge in [-0.2, -0.15) is 0 Å². The molecule has 0 saturated carbocycles. The first-order valence-electron chi connectivity index (χ1n) is 2.41. The summed E-state index contributed by atoms with van der Waals surface area (Å²) in [6.45, 7) is 4.42. The van der Waals surface area contributed by atoms with Gasteiger partial charge in [0, 0.05) is 52.1 Å². The summed E-state index contributed by atoms with van der Waals surface area (Å²) < 4.78 is 0. The Labute approximate surface area is 84.3 Å². The SMILES string of the molecule is CCCCC.[La].[Ni]. The van der Waals surface area contributed by atoms with Crippen molar-refractivity contribution in [2.45, 2.75) is 33.1 Å². The van der Waals surface area contributed by atoms with Gasteiger partial charge < -0.3 is 0 Å². The molecule has 0 aromatic rings. The second-order valence-electron chi connectivity index (χ2n) is 1.35. The zero-order valence-corrected chi connectivity index (χ0v) is 9.63. The van der Waals surface area contributed by atoms with E-state index in [9.17, 15) is 0 Å². The van der Waals surface area contributed by atoms with E-state index in [2.05, 4.69) is 13.8 Å². The Balaban J connectivity index is -0.0000000800. The molecule has 0 atom stereocenters. The largest absolute Gasteiger partial charge is 0.0654 e. The Kier molecular flexibility index (Phi) is 35.5. The molecule has 0 aromatic heterocycles. The summed E-state index contributed by atoms with van der Waals surface area (Å²) in [5, 5.41) is 0. The van der Waals surface area contributed by atoms with Crippen LogP contribution in [-0.4, -0.2) is 0 Å². The molecule has 0 aliphatic heterocycles. The second kappa shape index (κ2) is 15.6. The van der Waals surface area contributed by atoms with Gasteiger partial charge in [-0.15, -0.1) is 0 Å². The third-order valence-corrected chi connectivity index (χ3v) is 0.707. The van der Waals surface area contributed by atoms with Crippen molar-refractivity contribution in [3.8, 4) is 0 Å². The van der Waals surface area contributed by atoms with Crippen molar-refractivity contribution in [1.29, 1.82) is 0 Å². The molecule has 7 heavy (non-hydrogen) atoms. The summed E-state index contributed by atoms with van der Waals surface area (Å²) in [4.78, 5) is 0. The van der Waals surface area contributed by atoms with Crippen LogP contribution >= 0.6 is 0 Å². The van der Waals surface area contributed by atoms with Gasteiger partial charge in [0.25, 0.3) is 0 Å². The molecule has 0 bridgehead atoms. The van der Waals surface area contributed by atoms with Gasteiger partial charge in [0.2, 0.25) is 0 Å². The third-order valence-electron chi connectivity index (χ3n) is 0.707. The molecule has 1 radical (unpaired) electrons. The average Bonchev–Trinajstić information content (AvgIpc) is 1.41. The number of unbranched alkanes of at least 4 members (excludes halogenated alkanes) is 2. The van der Waals surface area contributed by atoms with Gasteiger partial charge in [0.1, 0.15) is 0 Å². The summed E-state index contributed by atoms with van der Waals surface area (Å²) in [5.74, 6) is 0. The minimum Gasteiger partial charge on any atom is -0.0654 e. The van der Waals surface area contributed by atoms with Crippen LogP contribution in [0, 0.1) is 35.6 Å². The fraction of sp³-hybridized carbons (Fsp3) is 1.00. The zero-order chi connectivity index (χ0) is 4.12.